The molecule has 0 saturated heterocycles. The lowest BCUT2D eigenvalue weighted by molar-refractivity contribution is -0.857. The number of aliphatic hydroxyl groups is 1. The molecule has 0 unspecified atom stereocenters. The van der Waals surface area contributed by atoms with Crippen LogP contribution in [-0.2, 0) is 19.7 Å². The van der Waals surface area contributed by atoms with Crippen molar-refractivity contribution in [2.24, 2.45) is 0 Å². The van der Waals surface area contributed by atoms with Crippen molar-refractivity contribution < 1.29 is 14.4 Å². The molecule has 0 aliphatic rings. The fourth-order valence-electron chi connectivity index (χ4n) is 2.05. The van der Waals surface area contributed by atoms with Gasteiger partial charge in [0, 0.05) is 13.1 Å². The van der Waals surface area contributed by atoms with Crippen LogP contribution in [0.25, 0.3) is 0 Å². The molecule has 0 bridgehead atoms. The first-order chi connectivity index (χ1) is 9.67. The van der Waals surface area contributed by atoms with Crippen molar-refractivity contribution in [3.63, 3.8) is 0 Å². The number of furan rings is 1. The Morgan fingerprint density at radius 3 is 2.60 bits per heavy atom. The standard InChI is InChI=1S/C15H22N2O2S/c1-16(2)6-7-17(9-13-5-8-20-12-13)10-14-3-4-15(11-18)19-14/h3-5,8,12,18H,6-7,9-11H2,1-2H3/p+1. The van der Waals surface area contributed by atoms with E-state index in [2.05, 4.69) is 35.8 Å². The van der Waals surface area contributed by atoms with Crippen LogP contribution in [-0.4, -0.2) is 37.2 Å². The molecule has 0 fully saturated rings. The molecule has 0 atom stereocenters. The Bertz CT molecular complexity index is 494. The van der Waals surface area contributed by atoms with E-state index in [4.69, 9.17) is 9.52 Å². The third-order valence-electron chi connectivity index (χ3n) is 3.17. The summed E-state index contributed by atoms with van der Waals surface area (Å²) in [5.74, 6) is 1.55. The smallest absolute Gasteiger partial charge is 0.129 e. The van der Waals surface area contributed by atoms with Gasteiger partial charge in [0.15, 0.2) is 0 Å². The zero-order valence-corrected chi connectivity index (χ0v) is 12.9. The molecule has 2 rings (SSSR count). The van der Waals surface area contributed by atoms with Crippen LogP contribution in [0.15, 0.2) is 33.4 Å². The quantitative estimate of drug-likeness (QED) is 0.763. The molecular formula is C15H23N2O2S+. The number of rotatable bonds is 8. The lowest BCUT2D eigenvalue weighted by atomic mass is 10.3. The SMILES string of the molecule is C[NH+](C)CCN(Cc1ccsc1)Cc1ccc(CO)o1. The number of likely N-dealkylation sites (N-methyl/N-ethyl adjacent to an activating group) is 1. The molecule has 4 nitrogen and oxygen atoms in total. The molecule has 2 heterocycles. The van der Waals surface area contributed by atoms with Gasteiger partial charge in [-0.25, -0.2) is 0 Å². The number of nitrogens with one attached hydrogen (secondary N) is 1. The maximum Gasteiger partial charge on any atom is 0.129 e. The van der Waals surface area contributed by atoms with Crippen molar-refractivity contribution in [3.8, 4) is 0 Å². The van der Waals surface area contributed by atoms with Crippen molar-refractivity contribution in [3.05, 3.63) is 46.0 Å². The lowest BCUT2D eigenvalue weighted by Crippen LogP contribution is -3.06. The summed E-state index contributed by atoms with van der Waals surface area (Å²) >= 11 is 1.73. The highest BCUT2D eigenvalue weighted by molar-refractivity contribution is 7.07. The van der Waals surface area contributed by atoms with Crippen LogP contribution < -0.4 is 4.90 Å². The largest absolute Gasteiger partial charge is 0.462 e. The first-order valence-corrected chi connectivity index (χ1v) is 7.82. The monoisotopic (exact) mass is 295 g/mol. The van der Waals surface area contributed by atoms with E-state index < -0.39 is 0 Å². The molecule has 5 heteroatoms. The highest BCUT2D eigenvalue weighted by atomic mass is 32.1. The van der Waals surface area contributed by atoms with Crippen molar-refractivity contribution in [2.45, 2.75) is 19.7 Å². The normalized spacial score (nSPS) is 11.7. The van der Waals surface area contributed by atoms with Crippen LogP contribution in [0, 0.1) is 0 Å². The van der Waals surface area contributed by atoms with Crippen molar-refractivity contribution in [1.29, 1.82) is 0 Å². The number of hydrogen-bond donors (Lipinski definition) is 2. The van der Waals surface area contributed by atoms with Gasteiger partial charge in [-0.1, -0.05) is 0 Å². The first kappa shape index (κ1) is 15.3. The van der Waals surface area contributed by atoms with E-state index in [1.165, 1.54) is 10.5 Å². The van der Waals surface area contributed by atoms with E-state index in [1.54, 1.807) is 11.3 Å². The summed E-state index contributed by atoms with van der Waals surface area (Å²) in [6.45, 7) is 3.80. The predicted octanol–water partition coefficient (Wildman–Crippen LogP) is 0.980. The van der Waals surface area contributed by atoms with Gasteiger partial charge in [-0.3, -0.25) is 4.90 Å². The fourth-order valence-corrected chi connectivity index (χ4v) is 2.71. The number of thiophene rings is 1. The Kier molecular flexibility index (Phi) is 5.79. The van der Waals surface area contributed by atoms with Crippen molar-refractivity contribution >= 4 is 11.3 Å². The van der Waals surface area contributed by atoms with Crippen LogP contribution in [0.1, 0.15) is 17.1 Å². The summed E-state index contributed by atoms with van der Waals surface area (Å²) < 4.78 is 5.59. The highest BCUT2D eigenvalue weighted by Gasteiger charge is 2.11. The molecule has 0 aromatic carbocycles. The number of aliphatic hydroxyl groups excluding tert-OH is 1. The molecule has 0 saturated carbocycles. The number of hydrogen-bond acceptors (Lipinski definition) is 4. The minimum Gasteiger partial charge on any atom is -0.462 e. The molecule has 0 aliphatic heterocycles. The molecular weight excluding hydrogens is 272 g/mol. The van der Waals surface area contributed by atoms with Gasteiger partial charge in [-0.15, -0.1) is 0 Å². The Balaban J connectivity index is 1.97. The summed E-state index contributed by atoms with van der Waals surface area (Å²) in [6, 6.07) is 5.96. The fraction of sp³-hybridized carbons (Fsp3) is 0.467. The van der Waals surface area contributed by atoms with E-state index in [1.807, 2.05) is 12.1 Å². The Morgan fingerprint density at radius 1 is 1.20 bits per heavy atom. The van der Waals surface area contributed by atoms with Crippen molar-refractivity contribution in [1.82, 2.24) is 4.90 Å². The van der Waals surface area contributed by atoms with E-state index in [9.17, 15) is 0 Å². The second kappa shape index (κ2) is 7.59. The third kappa shape index (κ3) is 4.76. The highest BCUT2D eigenvalue weighted by Crippen LogP contribution is 2.14. The van der Waals surface area contributed by atoms with Gasteiger partial charge in [0.05, 0.1) is 27.2 Å². The Morgan fingerprint density at radius 2 is 2.00 bits per heavy atom. The van der Waals surface area contributed by atoms with Gasteiger partial charge in [0.2, 0.25) is 0 Å². The van der Waals surface area contributed by atoms with Gasteiger partial charge < -0.3 is 14.4 Å². The Labute approximate surface area is 124 Å². The van der Waals surface area contributed by atoms with Crippen LogP contribution in [0.5, 0.6) is 0 Å². The second-order valence-corrected chi connectivity index (χ2v) is 6.11. The average Bonchev–Trinajstić information content (AvgIpc) is 3.07. The maximum absolute atomic E-state index is 9.06. The van der Waals surface area contributed by atoms with Gasteiger partial charge in [-0.2, -0.15) is 11.3 Å². The second-order valence-electron chi connectivity index (χ2n) is 5.33. The van der Waals surface area contributed by atoms with Gasteiger partial charge in [0.1, 0.15) is 18.1 Å². The third-order valence-corrected chi connectivity index (χ3v) is 3.90. The van der Waals surface area contributed by atoms with E-state index >= 15 is 0 Å². The topological polar surface area (TPSA) is 41.0 Å². The van der Waals surface area contributed by atoms with E-state index in [-0.39, 0.29) is 6.61 Å². The zero-order chi connectivity index (χ0) is 14.4. The minimum atomic E-state index is -0.0353. The molecule has 0 radical (unpaired) electrons. The molecule has 110 valence electrons. The summed E-state index contributed by atoms with van der Waals surface area (Å²) in [6.07, 6.45) is 0. The average molecular weight is 295 g/mol. The molecule has 20 heavy (non-hydrogen) atoms. The number of nitrogens with zero attached hydrogens (tertiary/aromatic N) is 1. The van der Waals surface area contributed by atoms with Gasteiger partial charge in [0.25, 0.3) is 0 Å². The predicted molar refractivity (Wildman–Crippen MR) is 80.7 cm³/mol. The molecule has 0 aliphatic carbocycles. The summed E-state index contributed by atoms with van der Waals surface area (Å²) in [5.41, 5.74) is 1.35. The Hall–Kier alpha value is -1.14. The maximum atomic E-state index is 9.06. The zero-order valence-electron chi connectivity index (χ0n) is 12.1. The molecule has 2 N–H and O–H groups in total. The van der Waals surface area contributed by atoms with E-state index in [0.717, 1.165) is 31.9 Å². The molecule has 0 spiro atoms. The molecule has 2 aromatic rings. The minimum absolute atomic E-state index is 0.0353. The lowest BCUT2D eigenvalue weighted by Gasteiger charge is -2.21. The van der Waals surface area contributed by atoms with Crippen LogP contribution in [0.2, 0.25) is 0 Å². The number of quaternary nitrogens is 1. The van der Waals surface area contributed by atoms with Crippen LogP contribution in [0.3, 0.4) is 0 Å². The summed E-state index contributed by atoms with van der Waals surface area (Å²) in [7, 11) is 4.33. The first-order valence-electron chi connectivity index (χ1n) is 6.88. The summed E-state index contributed by atoms with van der Waals surface area (Å²) in [5, 5.41) is 13.4. The van der Waals surface area contributed by atoms with Crippen LogP contribution in [0.4, 0.5) is 0 Å². The molecule has 2 aromatic heterocycles. The van der Waals surface area contributed by atoms with Gasteiger partial charge in [-0.05, 0) is 34.5 Å². The van der Waals surface area contributed by atoms with Crippen LogP contribution >= 0.6 is 11.3 Å². The summed E-state index contributed by atoms with van der Waals surface area (Å²) in [4.78, 5) is 3.82. The molecule has 0 amide bonds. The van der Waals surface area contributed by atoms with E-state index in [0.29, 0.717) is 5.76 Å². The van der Waals surface area contributed by atoms with Gasteiger partial charge >= 0.3 is 0 Å². The van der Waals surface area contributed by atoms with Crippen molar-refractivity contribution in [2.75, 3.05) is 27.2 Å².